The van der Waals surface area contributed by atoms with Crippen molar-refractivity contribution < 1.29 is 14.3 Å². The van der Waals surface area contributed by atoms with E-state index >= 15 is 0 Å². The molecule has 0 aliphatic heterocycles. The molecule has 0 saturated heterocycles. The molecule has 0 bridgehead atoms. The average Bonchev–Trinajstić information content (AvgIpc) is 2.71. The van der Waals surface area contributed by atoms with E-state index in [1.54, 1.807) is 30.3 Å². The number of halogens is 1. The molecule has 150 valence electrons. The van der Waals surface area contributed by atoms with Crippen LogP contribution in [0.3, 0.4) is 0 Å². The first-order valence-electron chi connectivity index (χ1n) is 9.31. The van der Waals surface area contributed by atoms with Gasteiger partial charge in [0.15, 0.2) is 0 Å². The number of nitrogens with zero attached hydrogens (tertiary/aromatic N) is 1. The molecule has 0 aliphatic carbocycles. The van der Waals surface area contributed by atoms with Crippen LogP contribution in [-0.4, -0.2) is 49.5 Å². The normalized spacial score (nSPS) is 10.6. The van der Waals surface area contributed by atoms with Crippen molar-refractivity contribution in [1.29, 1.82) is 0 Å². The predicted octanol–water partition coefficient (Wildman–Crippen LogP) is 3.54. The number of ether oxygens (including phenoxy) is 1. The molecule has 0 fully saturated rings. The maximum Gasteiger partial charge on any atom is 0.251 e. The van der Waals surface area contributed by atoms with E-state index in [9.17, 15) is 9.59 Å². The number of benzene rings is 2. The second kappa shape index (κ2) is 11.5. The van der Waals surface area contributed by atoms with Gasteiger partial charge in [-0.25, -0.2) is 0 Å². The van der Waals surface area contributed by atoms with Crippen LogP contribution in [0.15, 0.2) is 53.0 Å². The Morgan fingerprint density at radius 3 is 2.39 bits per heavy atom. The number of likely N-dealkylation sites (N-methyl/N-ethyl adjacent to an activating group) is 1. The molecule has 0 unspecified atom stereocenters. The fourth-order valence-corrected chi connectivity index (χ4v) is 2.84. The number of carbonyl (C=O) groups excluding carboxylic acids is 2. The first-order valence-corrected chi connectivity index (χ1v) is 10.1. The largest absolute Gasteiger partial charge is 0.490 e. The summed E-state index contributed by atoms with van der Waals surface area (Å²) in [5.41, 5.74) is 1.08. The Balaban J connectivity index is 1.86. The van der Waals surface area contributed by atoms with Crippen LogP contribution in [0, 0.1) is 0 Å². The van der Waals surface area contributed by atoms with E-state index in [0.29, 0.717) is 23.6 Å². The molecule has 0 spiro atoms. The second-order valence-electron chi connectivity index (χ2n) is 6.11. The summed E-state index contributed by atoms with van der Waals surface area (Å²) >= 11 is 3.32. The topological polar surface area (TPSA) is 70.7 Å². The van der Waals surface area contributed by atoms with Gasteiger partial charge in [0.05, 0.1) is 12.2 Å². The SMILES string of the molecule is CCN(CC)CCOc1ccccc1NC(=O)CNC(=O)c1ccc(Br)cc1. The maximum atomic E-state index is 12.2. The van der Waals surface area contributed by atoms with Crippen molar-refractivity contribution >= 4 is 33.4 Å². The van der Waals surface area contributed by atoms with Crippen molar-refractivity contribution in [1.82, 2.24) is 10.2 Å². The number of hydrogen-bond donors (Lipinski definition) is 2. The molecule has 0 aliphatic rings. The molecule has 0 radical (unpaired) electrons. The molecule has 2 N–H and O–H groups in total. The fraction of sp³-hybridized carbons (Fsp3) is 0.333. The van der Waals surface area contributed by atoms with Crippen molar-refractivity contribution in [3.63, 3.8) is 0 Å². The minimum Gasteiger partial charge on any atom is -0.490 e. The summed E-state index contributed by atoms with van der Waals surface area (Å²) in [6.45, 7) is 7.39. The van der Waals surface area contributed by atoms with Crippen LogP contribution in [-0.2, 0) is 4.79 Å². The monoisotopic (exact) mass is 447 g/mol. The minimum absolute atomic E-state index is 0.122. The molecule has 0 heterocycles. The van der Waals surface area contributed by atoms with E-state index in [1.807, 2.05) is 18.2 Å². The van der Waals surface area contributed by atoms with E-state index in [0.717, 1.165) is 24.1 Å². The van der Waals surface area contributed by atoms with Crippen LogP contribution in [0.25, 0.3) is 0 Å². The zero-order valence-corrected chi connectivity index (χ0v) is 17.8. The van der Waals surface area contributed by atoms with Crippen molar-refractivity contribution in [3.8, 4) is 5.75 Å². The highest BCUT2D eigenvalue weighted by molar-refractivity contribution is 9.10. The molecular formula is C21H26BrN3O3. The Hall–Kier alpha value is -2.38. The maximum absolute atomic E-state index is 12.2. The highest BCUT2D eigenvalue weighted by Crippen LogP contribution is 2.23. The van der Waals surface area contributed by atoms with E-state index in [2.05, 4.69) is 45.3 Å². The number of hydrogen-bond acceptors (Lipinski definition) is 4. The number of amides is 2. The lowest BCUT2D eigenvalue weighted by Crippen LogP contribution is -2.33. The van der Waals surface area contributed by atoms with Gasteiger partial charge in [-0.15, -0.1) is 0 Å². The van der Waals surface area contributed by atoms with Gasteiger partial charge >= 0.3 is 0 Å². The third kappa shape index (κ3) is 6.98. The third-order valence-corrected chi connectivity index (χ3v) is 4.77. The smallest absolute Gasteiger partial charge is 0.251 e. The van der Waals surface area contributed by atoms with Gasteiger partial charge in [0, 0.05) is 16.6 Å². The van der Waals surface area contributed by atoms with Crippen LogP contribution >= 0.6 is 15.9 Å². The summed E-state index contributed by atoms with van der Waals surface area (Å²) in [7, 11) is 0. The summed E-state index contributed by atoms with van der Waals surface area (Å²) in [6, 6.07) is 14.2. The van der Waals surface area contributed by atoms with Crippen molar-refractivity contribution in [2.45, 2.75) is 13.8 Å². The van der Waals surface area contributed by atoms with Gasteiger partial charge in [-0.1, -0.05) is 41.9 Å². The summed E-state index contributed by atoms with van der Waals surface area (Å²) in [5.74, 6) is -0.00101. The summed E-state index contributed by atoms with van der Waals surface area (Å²) < 4.78 is 6.72. The zero-order chi connectivity index (χ0) is 20.4. The Labute approximate surface area is 174 Å². The molecular weight excluding hydrogens is 422 g/mol. The fourth-order valence-electron chi connectivity index (χ4n) is 2.58. The van der Waals surface area contributed by atoms with Crippen LogP contribution in [0.2, 0.25) is 0 Å². The average molecular weight is 448 g/mol. The highest BCUT2D eigenvalue weighted by Gasteiger charge is 2.11. The summed E-state index contributed by atoms with van der Waals surface area (Å²) in [4.78, 5) is 26.6. The molecule has 28 heavy (non-hydrogen) atoms. The van der Waals surface area contributed by atoms with E-state index in [-0.39, 0.29) is 18.4 Å². The van der Waals surface area contributed by atoms with Gasteiger partial charge in [-0.05, 0) is 49.5 Å². The second-order valence-corrected chi connectivity index (χ2v) is 7.02. The van der Waals surface area contributed by atoms with Gasteiger partial charge in [0.25, 0.3) is 5.91 Å². The Morgan fingerprint density at radius 2 is 1.71 bits per heavy atom. The van der Waals surface area contributed by atoms with Crippen molar-refractivity contribution in [2.24, 2.45) is 0 Å². The van der Waals surface area contributed by atoms with Gasteiger partial charge < -0.3 is 20.3 Å². The van der Waals surface area contributed by atoms with Gasteiger partial charge in [0.1, 0.15) is 12.4 Å². The third-order valence-electron chi connectivity index (χ3n) is 4.24. The molecule has 6 nitrogen and oxygen atoms in total. The zero-order valence-electron chi connectivity index (χ0n) is 16.2. The quantitative estimate of drug-likeness (QED) is 0.584. The molecule has 2 aromatic rings. The molecule has 2 aromatic carbocycles. The van der Waals surface area contributed by atoms with E-state index in [1.165, 1.54) is 0 Å². The Morgan fingerprint density at radius 1 is 1.04 bits per heavy atom. The first kappa shape index (κ1) is 21.9. The van der Waals surface area contributed by atoms with Crippen LogP contribution < -0.4 is 15.4 Å². The summed E-state index contributed by atoms with van der Waals surface area (Å²) in [6.07, 6.45) is 0. The number of para-hydroxylation sites is 2. The molecule has 0 aromatic heterocycles. The number of nitrogens with one attached hydrogen (secondary N) is 2. The Kier molecular flexibility index (Phi) is 8.97. The lowest BCUT2D eigenvalue weighted by molar-refractivity contribution is -0.115. The standard InChI is InChI=1S/C21H26BrN3O3/c1-3-25(4-2)13-14-28-19-8-6-5-7-18(19)24-20(26)15-23-21(27)16-9-11-17(22)12-10-16/h5-12H,3-4,13-15H2,1-2H3,(H,23,27)(H,24,26). The molecule has 2 rings (SSSR count). The van der Waals surface area contributed by atoms with E-state index < -0.39 is 0 Å². The number of carbonyl (C=O) groups is 2. The lowest BCUT2D eigenvalue weighted by atomic mass is 10.2. The van der Waals surface area contributed by atoms with Gasteiger partial charge in [-0.2, -0.15) is 0 Å². The molecule has 0 saturated carbocycles. The first-order chi connectivity index (χ1) is 13.5. The highest BCUT2D eigenvalue weighted by atomic mass is 79.9. The Bertz CT molecular complexity index is 777. The minimum atomic E-state index is -0.315. The van der Waals surface area contributed by atoms with Crippen LogP contribution in [0.5, 0.6) is 5.75 Å². The summed E-state index contributed by atoms with van der Waals surface area (Å²) in [5, 5.41) is 5.41. The molecule has 0 atom stereocenters. The number of rotatable bonds is 10. The van der Waals surface area contributed by atoms with Crippen molar-refractivity contribution in [2.75, 3.05) is 38.1 Å². The molecule has 7 heteroatoms. The van der Waals surface area contributed by atoms with Crippen LogP contribution in [0.1, 0.15) is 24.2 Å². The van der Waals surface area contributed by atoms with Crippen molar-refractivity contribution in [3.05, 3.63) is 58.6 Å². The van der Waals surface area contributed by atoms with Gasteiger partial charge in [0.2, 0.25) is 5.91 Å². The van der Waals surface area contributed by atoms with Crippen LogP contribution in [0.4, 0.5) is 5.69 Å². The number of anilines is 1. The van der Waals surface area contributed by atoms with E-state index in [4.69, 9.17) is 4.74 Å². The predicted molar refractivity (Wildman–Crippen MR) is 115 cm³/mol. The molecule has 2 amide bonds. The lowest BCUT2D eigenvalue weighted by Gasteiger charge is -2.19. The van der Waals surface area contributed by atoms with Gasteiger partial charge in [-0.3, -0.25) is 9.59 Å².